The van der Waals surface area contributed by atoms with Gasteiger partial charge in [0.2, 0.25) is 0 Å². The standard InChI is InChI=1S/C8H10O3S2/c1-6(10)11-5-8-3-2-7(4-9)12-13-8/h2-3,9H,4-5H2,1H3. The van der Waals surface area contributed by atoms with Crippen LogP contribution in [-0.4, -0.2) is 24.3 Å². The molecule has 0 spiro atoms. The van der Waals surface area contributed by atoms with E-state index in [1.165, 1.54) is 28.5 Å². The Hall–Kier alpha value is -0.390. The smallest absolute Gasteiger partial charge is 0.302 e. The monoisotopic (exact) mass is 218 g/mol. The van der Waals surface area contributed by atoms with Crippen molar-refractivity contribution < 1.29 is 14.6 Å². The Morgan fingerprint density at radius 3 is 2.54 bits per heavy atom. The van der Waals surface area contributed by atoms with E-state index in [2.05, 4.69) is 0 Å². The highest BCUT2D eigenvalue weighted by Crippen LogP contribution is 2.39. The lowest BCUT2D eigenvalue weighted by Crippen LogP contribution is -2.02. The number of rotatable bonds is 3. The van der Waals surface area contributed by atoms with Crippen LogP contribution in [0.5, 0.6) is 0 Å². The fourth-order valence-electron chi connectivity index (χ4n) is 0.672. The maximum Gasteiger partial charge on any atom is 0.302 e. The van der Waals surface area contributed by atoms with Gasteiger partial charge in [-0.15, -0.1) is 0 Å². The molecule has 0 unspecified atom stereocenters. The van der Waals surface area contributed by atoms with Crippen LogP contribution >= 0.6 is 21.6 Å². The second-order valence-corrected chi connectivity index (χ2v) is 4.75. The lowest BCUT2D eigenvalue weighted by Gasteiger charge is -2.11. The number of hydrogen-bond donors (Lipinski definition) is 1. The van der Waals surface area contributed by atoms with Crippen molar-refractivity contribution in [3.63, 3.8) is 0 Å². The van der Waals surface area contributed by atoms with Gasteiger partial charge >= 0.3 is 5.97 Å². The zero-order chi connectivity index (χ0) is 9.68. The normalized spacial score (nSPS) is 16.2. The van der Waals surface area contributed by atoms with E-state index >= 15 is 0 Å². The molecule has 72 valence electrons. The van der Waals surface area contributed by atoms with Crippen molar-refractivity contribution in [3.05, 3.63) is 22.0 Å². The van der Waals surface area contributed by atoms with Gasteiger partial charge in [-0.2, -0.15) is 0 Å². The summed E-state index contributed by atoms with van der Waals surface area (Å²) < 4.78 is 4.82. The van der Waals surface area contributed by atoms with Gasteiger partial charge < -0.3 is 9.84 Å². The number of aliphatic hydroxyl groups is 1. The molecule has 1 heterocycles. The average Bonchev–Trinajstić information content (AvgIpc) is 2.15. The Balaban J connectivity index is 2.41. The largest absolute Gasteiger partial charge is 0.460 e. The van der Waals surface area contributed by atoms with Gasteiger partial charge in [0.05, 0.1) is 6.61 Å². The fraction of sp³-hybridized carbons (Fsp3) is 0.375. The van der Waals surface area contributed by atoms with Crippen LogP contribution in [0, 0.1) is 0 Å². The van der Waals surface area contributed by atoms with Gasteiger partial charge in [0.15, 0.2) is 0 Å². The molecule has 5 heteroatoms. The molecule has 0 atom stereocenters. The van der Waals surface area contributed by atoms with E-state index in [4.69, 9.17) is 9.84 Å². The molecule has 0 fully saturated rings. The third kappa shape index (κ3) is 3.89. The van der Waals surface area contributed by atoms with Crippen LogP contribution in [0.2, 0.25) is 0 Å². The quantitative estimate of drug-likeness (QED) is 0.577. The first-order valence-electron chi connectivity index (χ1n) is 3.71. The SMILES string of the molecule is CC(=O)OCC1=CC=C(CO)SS1. The first kappa shape index (κ1) is 10.7. The van der Waals surface area contributed by atoms with Crippen LogP contribution in [-0.2, 0) is 9.53 Å². The number of hydrogen-bond acceptors (Lipinski definition) is 5. The molecule has 0 amide bonds. The van der Waals surface area contributed by atoms with Crippen LogP contribution in [0.1, 0.15) is 6.92 Å². The first-order valence-corrected chi connectivity index (χ1v) is 5.86. The number of aliphatic hydroxyl groups excluding tert-OH is 1. The molecular formula is C8H10O3S2. The Morgan fingerprint density at radius 1 is 1.46 bits per heavy atom. The minimum Gasteiger partial charge on any atom is -0.460 e. The van der Waals surface area contributed by atoms with Crippen LogP contribution in [0.15, 0.2) is 22.0 Å². The molecule has 0 aromatic heterocycles. The maximum absolute atomic E-state index is 10.5. The summed E-state index contributed by atoms with van der Waals surface area (Å²) in [5, 5.41) is 8.78. The van der Waals surface area contributed by atoms with Crippen LogP contribution in [0.4, 0.5) is 0 Å². The van der Waals surface area contributed by atoms with E-state index in [1.807, 2.05) is 12.2 Å². The van der Waals surface area contributed by atoms with E-state index < -0.39 is 0 Å². The second kappa shape index (κ2) is 5.36. The molecule has 0 aromatic carbocycles. The number of allylic oxidation sites excluding steroid dienone is 2. The molecular weight excluding hydrogens is 208 g/mol. The summed E-state index contributed by atoms with van der Waals surface area (Å²) in [5.74, 6) is -0.275. The van der Waals surface area contributed by atoms with Crippen molar-refractivity contribution in [1.82, 2.24) is 0 Å². The van der Waals surface area contributed by atoms with E-state index in [1.54, 1.807) is 0 Å². The molecule has 0 aliphatic carbocycles. The summed E-state index contributed by atoms with van der Waals surface area (Å²) >= 11 is 0. The zero-order valence-electron chi connectivity index (χ0n) is 7.15. The molecule has 1 N–H and O–H groups in total. The predicted molar refractivity (Wildman–Crippen MR) is 55.1 cm³/mol. The Bertz CT molecular complexity index is 258. The summed E-state index contributed by atoms with van der Waals surface area (Å²) in [7, 11) is 3.00. The Morgan fingerprint density at radius 2 is 2.08 bits per heavy atom. The highest BCUT2D eigenvalue weighted by Gasteiger charge is 2.08. The molecule has 0 saturated carbocycles. The van der Waals surface area contributed by atoms with Gasteiger partial charge in [-0.25, -0.2) is 0 Å². The van der Waals surface area contributed by atoms with Crippen molar-refractivity contribution in [1.29, 1.82) is 0 Å². The summed E-state index contributed by atoms with van der Waals surface area (Å²) in [4.78, 5) is 12.4. The van der Waals surface area contributed by atoms with Crippen LogP contribution in [0.25, 0.3) is 0 Å². The summed E-state index contributed by atoms with van der Waals surface area (Å²) in [6.45, 7) is 1.77. The molecule has 0 radical (unpaired) electrons. The van der Waals surface area contributed by atoms with Gasteiger partial charge in [-0.3, -0.25) is 4.79 Å². The third-order valence-electron chi connectivity index (χ3n) is 1.28. The van der Waals surface area contributed by atoms with Crippen LogP contribution < -0.4 is 0 Å². The first-order chi connectivity index (χ1) is 6.22. The minimum atomic E-state index is -0.275. The van der Waals surface area contributed by atoms with Crippen molar-refractivity contribution in [2.75, 3.05) is 13.2 Å². The van der Waals surface area contributed by atoms with Gasteiger partial charge in [-0.05, 0) is 12.2 Å². The van der Waals surface area contributed by atoms with E-state index in [0.29, 0.717) is 6.61 Å². The topological polar surface area (TPSA) is 46.5 Å². The molecule has 13 heavy (non-hydrogen) atoms. The molecule has 0 bridgehead atoms. The van der Waals surface area contributed by atoms with Crippen molar-refractivity contribution in [2.24, 2.45) is 0 Å². The highest BCUT2D eigenvalue weighted by molar-refractivity contribution is 8.79. The fourth-order valence-corrected chi connectivity index (χ4v) is 2.57. The molecule has 1 aliphatic heterocycles. The third-order valence-corrected chi connectivity index (χ3v) is 3.85. The van der Waals surface area contributed by atoms with Crippen LogP contribution in [0.3, 0.4) is 0 Å². The second-order valence-electron chi connectivity index (χ2n) is 2.37. The van der Waals surface area contributed by atoms with Gasteiger partial charge in [0, 0.05) is 16.7 Å². The number of ether oxygens (including phenoxy) is 1. The number of esters is 1. The van der Waals surface area contributed by atoms with E-state index in [-0.39, 0.29) is 12.6 Å². The number of carbonyl (C=O) groups is 1. The highest BCUT2D eigenvalue weighted by atomic mass is 33.1. The average molecular weight is 218 g/mol. The minimum absolute atomic E-state index is 0.0645. The van der Waals surface area contributed by atoms with E-state index in [9.17, 15) is 4.79 Å². The lowest BCUT2D eigenvalue weighted by atomic mass is 10.4. The summed E-state index contributed by atoms with van der Waals surface area (Å²) in [6, 6.07) is 0. The summed E-state index contributed by atoms with van der Waals surface area (Å²) in [5.41, 5.74) is 0. The van der Waals surface area contributed by atoms with Crippen molar-refractivity contribution >= 4 is 27.6 Å². The molecule has 0 aromatic rings. The molecule has 1 aliphatic rings. The molecule has 3 nitrogen and oxygen atoms in total. The predicted octanol–water partition coefficient (Wildman–Crippen LogP) is 1.70. The maximum atomic E-state index is 10.5. The van der Waals surface area contributed by atoms with Crippen molar-refractivity contribution in [2.45, 2.75) is 6.92 Å². The van der Waals surface area contributed by atoms with Crippen molar-refractivity contribution in [3.8, 4) is 0 Å². The van der Waals surface area contributed by atoms with E-state index in [0.717, 1.165) is 9.81 Å². The van der Waals surface area contributed by atoms with Gasteiger partial charge in [-0.1, -0.05) is 21.6 Å². The number of carbonyl (C=O) groups excluding carboxylic acids is 1. The Kier molecular flexibility index (Phi) is 4.41. The van der Waals surface area contributed by atoms with Gasteiger partial charge in [0.25, 0.3) is 0 Å². The van der Waals surface area contributed by atoms with Gasteiger partial charge in [0.1, 0.15) is 6.61 Å². The molecule has 0 saturated heterocycles. The molecule has 1 rings (SSSR count). The summed E-state index contributed by atoms with van der Waals surface area (Å²) in [6.07, 6.45) is 3.69. The zero-order valence-corrected chi connectivity index (χ0v) is 8.78. The Labute approximate surface area is 84.6 Å². The lowest BCUT2D eigenvalue weighted by molar-refractivity contribution is -0.139.